The van der Waals surface area contributed by atoms with E-state index >= 15 is 0 Å². The van der Waals surface area contributed by atoms with E-state index in [-0.39, 0.29) is 29.1 Å². The first-order valence-corrected chi connectivity index (χ1v) is 13.3. The summed E-state index contributed by atoms with van der Waals surface area (Å²) in [6.45, 7) is 0.976. The molecular weight excluding hydrogens is 534 g/mol. The van der Waals surface area contributed by atoms with Crippen LogP contribution in [0.3, 0.4) is 0 Å². The number of halogens is 4. The normalized spacial score (nSPS) is 20.8. The molecule has 2 aliphatic heterocycles. The van der Waals surface area contributed by atoms with Crippen molar-refractivity contribution in [3.63, 3.8) is 0 Å². The average Bonchev–Trinajstić information content (AvgIpc) is 3.21. The van der Waals surface area contributed by atoms with Crippen LogP contribution in [-0.4, -0.2) is 80.7 Å². The molecule has 14 heteroatoms. The standard InChI is InChI=1S/C24H27F4N3O6S/c1-30(23(34)9-14-2-5-21-18(8-14)29-22(33)13-38(21,35)36)19(12-31-7-6-16(32)11-31)15-3-4-17(25)20(10-15)37-24(26,27)28/h2-5,8,10,16,19,32,35-36H,6-7,9,11-13H2,1H3,(H,29,33)/t16?,19-/m1/s1. The van der Waals surface area contributed by atoms with Gasteiger partial charge in [0.2, 0.25) is 11.8 Å². The molecule has 2 aliphatic rings. The number of nitrogens with one attached hydrogen (secondary N) is 1. The summed E-state index contributed by atoms with van der Waals surface area (Å²) in [6.07, 6.45) is -5.37. The number of hydrogen-bond donors (Lipinski definition) is 4. The number of β-amino-alcohol motifs (C(OH)–C–C–N with tert-alkyl or cyclic N) is 1. The third-order valence-corrected chi connectivity index (χ3v) is 8.19. The van der Waals surface area contributed by atoms with E-state index in [1.165, 1.54) is 36.2 Å². The number of amides is 2. The first-order valence-electron chi connectivity index (χ1n) is 11.6. The number of fused-ring (bicyclic) bond motifs is 1. The van der Waals surface area contributed by atoms with Gasteiger partial charge < -0.3 is 20.1 Å². The average molecular weight is 562 g/mol. The summed E-state index contributed by atoms with van der Waals surface area (Å²) in [5.41, 5.74) is 0.840. The minimum atomic E-state index is -5.11. The van der Waals surface area contributed by atoms with E-state index in [0.29, 0.717) is 25.1 Å². The molecule has 1 unspecified atom stereocenters. The number of aliphatic hydroxyl groups excluding tert-OH is 1. The summed E-state index contributed by atoms with van der Waals surface area (Å²) >= 11 is 0. The summed E-state index contributed by atoms with van der Waals surface area (Å²) in [4.78, 5) is 28.5. The smallest absolute Gasteiger partial charge is 0.403 e. The second kappa shape index (κ2) is 10.7. The molecule has 2 atom stereocenters. The number of anilines is 1. The van der Waals surface area contributed by atoms with Gasteiger partial charge in [-0.05, 0) is 41.8 Å². The molecule has 2 amide bonds. The molecular formula is C24H27F4N3O6S. The maximum atomic E-state index is 14.1. The lowest BCUT2D eigenvalue weighted by atomic mass is 10.0. The molecule has 0 aromatic heterocycles. The number of rotatable bonds is 7. The van der Waals surface area contributed by atoms with Gasteiger partial charge in [0.05, 0.1) is 29.1 Å². The quantitative estimate of drug-likeness (QED) is 0.381. The van der Waals surface area contributed by atoms with Gasteiger partial charge >= 0.3 is 6.36 Å². The van der Waals surface area contributed by atoms with Gasteiger partial charge in [0.1, 0.15) is 5.75 Å². The van der Waals surface area contributed by atoms with E-state index in [2.05, 4.69) is 10.1 Å². The molecule has 0 aliphatic carbocycles. The number of likely N-dealkylation sites (tertiary alicyclic amines) is 1. The van der Waals surface area contributed by atoms with Crippen LogP contribution in [0, 0.1) is 5.82 Å². The van der Waals surface area contributed by atoms with Crippen LogP contribution in [0.2, 0.25) is 0 Å². The summed E-state index contributed by atoms with van der Waals surface area (Å²) in [5, 5.41) is 12.5. The molecule has 38 heavy (non-hydrogen) atoms. The van der Waals surface area contributed by atoms with Gasteiger partial charge in [-0.3, -0.25) is 23.6 Å². The van der Waals surface area contributed by atoms with Gasteiger partial charge in [0, 0.05) is 26.7 Å². The SMILES string of the molecule is CN(C(=O)Cc1ccc2c(c1)NC(=O)CS2(O)O)[C@H](CN1CCC(O)C1)c1ccc(F)c(OC(F)(F)F)c1. The number of nitrogens with zero attached hydrogens (tertiary/aromatic N) is 2. The molecule has 0 saturated carbocycles. The lowest BCUT2D eigenvalue weighted by Gasteiger charge is -2.37. The molecule has 4 rings (SSSR count). The monoisotopic (exact) mass is 561 g/mol. The van der Waals surface area contributed by atoms with Crippen LogP contribution in [0.15, 0.2) is 41.3 Å². The van der Waals surface area contributed by atoms with Crippen molar-refractivity contribution in [2.75, 3.05) is 37.8 Å². The van der Waals surface area contributed by atoms with E-state index in [0.717, 1.165) is 12.1 Å². The van der Waals surface area contributed by atoms with E-state index < -0.39 is 58.2 Å². The van der Waals surface area contributed by atoms with Crippen LogP contribution in [0.5, 0.6) is 5.75 Å². The minimum absolute atomic E-state index is 0.163. The Balaban J connectivity index is 1.59. The highest BCUT2D eigenvalue weighted by Crippen LogP contribution is 2.53. The summed E-state index contributed by atoms with van der Waals surface area (Å²) in [7, 11) is -1.83. The maximum Gasteiger partial charge on any atom is 0.573 e. The number of carbonyl (C=O) groups excluding carboxylic acids is 2. The van der Waals surface area contributed by atoms with E-state index in [4.69, 9.17) is 0 Å². The second-order valence-electron chi connectivity index (χ2n) is 9.33. The Morgan fingerprint density at radius 2 is 2.00 bits per heavy atom. The van der Waals surface area contributed by atoms with Gasteiger partial charge in [0.15, 0.2) is 11.6 Å². The first kappa shape index (κ1) is 28.1. The molecule has 1 saturated heterocycles. The number of carbonyl (C=O) groups is 2. The molecule has 2 aromatic carbocycles. The highest BCUT2D eigenvalue weighted by Gasteiger charge is 2.34. The Hall–Kier alpha value is -2.91. The molecule has 4 N–H and O–H groups in total. The maximum absolute atomic E-state index is 14.1. The molecule has 2 aromatic rings. The number of benzene rings is 2. The number of aliphatic hydroxyl groups is 1. The van der Waals surface area contributed by atoms with Crippen molar-refractivity contribution < 1.29 is 46.1 Å². The Morgan fingerprint density at radius 1 is 1.26 bits per heavy atom. The lowest BCUT2D eigenvalue weighted by Crippen LogP contribution is -2.39. The Kier molecular flexibility index (Phi) is 7.91. The molecule has 0 spiro atoms. The Labute approximate surface area is 217 Å². The van der Waals surface area contributed by atoms with Crippen molar-refractivity contribution in [2.45, 2.75) is 36.2 Å². The van der Waals surface area contributed by atoms with Crippen LogP contribution >= 0.6 is 10.6 Å². The Morgan fingerprint density at radius 3 is 2.66 bits per heavy atom. The molecule has 0 bridgehead atoms. The molecule has 0 radical (unpaired) electrons. The topological polar surface area (TPSA) is 123 Å². The van der Waals surface area contributed by atoms with Crippen molar-refractivity contribution in [3.8, 4) is 5.75 Å². The third-order valence-electron chi connectivity index (χ3n) is 6.46. The minimum Gasteiger partial charge on any atom is -0.403 e. The van der Waals surface area contributed by atoms with E-state index in [1.54, 1.807) is 0 Å². The van der Waals surface area contributed by atoms with Gasteiger partial charge in [-0.25, -0.2) is 4.39 Å². The van der Waals surface area contributed by atoms with Crippen molar-refractivity contribution in [1.29, 1.82) is 0 Å². The lowest BCUT2D eigenvalue weighted by molar-refractivity contribution is -0.275. The van der Waals surface area contributed by atoms with Crippen molar-refractivity contribution >= 4 is 28.1 Å². The van der Waals surface area contributed by atoms with Crippen LogP contribution < -0.4 is 10.1 Å². The number of hydrogen-bond acceptors (Lipinski definition) is 7. The molecule has 1 fully saturated rings. The summed E-state index contributed by atoms with van der Waals surface area (Å²) < 4.78 is 76.7. The largest absolute Gasteiger partial charge is 0.573 e. The van der Waals surface area contributed by atoms with Crippen LogP contribution in [0.4, 0.5) is 23.2 Å². The molecule has 208 valence electrons. The number of alkyl halides is 3. The van der Waals surface area contributed by atoms with Crippen LogP contribution in [-0.2, 0) is 16.0 Å². The molecule has 9 nitrogen and oxygen atoms in total. The third kappa shape index (κ3) is 6.56. The van der Waals surface area contributed by atoms with Gasteiger partial charge in [-0.15, -0.1) is 13.2 Å². The zero-order chi connectivity index (χ0) is 27.8. The zero-order valence-corrected chi connectivity index (χ0v) is 21.1. The highest BCUT2D eigenvalue weighted by molar-refractivity contribution is 8.25. The fraction of sp³-hybridized carbons (Fsp3) is 0.417. The zero-order valence-electron chi connectivity index (χ0n) is 20.2. The Bertz CT molecular complexity index is 1230. The fourth-order valence-corrected chi connectivity index (χ4v) is 5.94. The van der Waals surface area contributed by atoms with Crippen molar-refractivity contribution in [1.82, 2.24) is 9.80 Å². The van der Waals surface area contributed by atoms with Gasteiger partial charge in [-0.1, -0.05) is 12.1 Å². The number of likely N-dealkylation sites (N-methyl/N-ethyl adjacent to an activating group) is 1. The van der Waals surface area contributed by atoms with Crippen molar-refractivity contribution in [3.05, 3.63) is 53.3 Å². The van der Waals surface area contributed by atoms with Crippen LogP contribution in [0.25, 0.3) is 0 Å². The fourth-order valence-electron chi connectivity index (χ4n) is 4.59. The highest BCUT2D eigenvalue weighted by atomic mass is 32.3. The van der Waals surface area contributed by atoms with Crippen molar-refractivity contribution in [2.24, 2.45) is 0 Å². The summed E-state index contributed by atoms with van der Waals surface area (Å²) in [5.74, 6) is -3.69. The van der Waals surface area contributed by atoms with E-state index in [1.807, 2.05) is 4.90 Å². The first-order chi connectivity index (χ1) is 17.7. The van der Waals surface area contributed by atoms with Gasteiger partial charge in [-0.2, -0.15) is 10.6 Å². The molecule has 2 heterocycles. The second-order valence-corrected chi connectivity index (χ2v) is 11.4. The summed E-state index contributed by atoms with van der Waals surface area (Å²) in [6, 6.07) is 6.62. The van der Waals surface area contributed by atoms with Crippen LogP contribution in [0.1, 0.15) is 23.6 Å². The predicted octanol–water partition coefficient (Wildman–Crippen LogP) is 3.59. The number of ether oxygens (including phenoxy) is 1. The van der Waals surface area contributed by atoms with E-state index in [9.17, 15) is 41.4 Å². The van der Waals surface area contributed by atoms with Gasteiger partial charge in [0.25, 0.3) is 0 Å². The predicted molar refractivity (Wildman–Crippen MR) is 130 cm³/mol.